The number of allylic oxidation sites excluding steroid dienone is 2. The Bertz CT molecular complexity index is 281. The lowest BCUT2D eigenvalue weighted by atomic mass is 10.5. The quantitative estimate of drug-likeness (QED) is 0.438. The molecule has 10 heteroatoms. The van der Waals surface area contributed by atoms with Crippen molar-refractivity contribution >= 4 is 15.9 Å². The van der Waals surface area contributed by atoms with Gasteiger partial charge in [0.25, 0.3) is 0 Å². The molecule has 0 nitrogen and oxygen atoms in total. The van der Waals surface area contributed by atoms with E-state index in [1.165, 1.54) is 0 Å². The van der Waals surface area contributed by atoms with Gasteiger partial charge in [-0.1, -0.05) is 0 Å². The van der Waals surface area contributed by atoms with Crippen LogP contribution in [0.25, 0.3) is 0 Å². The lowest BCUT2D eigenvalue weighted by Gasteiger charge is -1.87. The first-order valence-corrected chi connectivity index (χ1v) is 3.68. The zero-order valence-electron chi connectivity index (χ0n) is 6.78. The van der Waals surface area contributed by atoms with Gasteiger partial charge < -0.3 is 0 Å². The second-order valence-electron chi connectivity index (χ2n) is 1.67. The minimum absolute atomic E-state index is 1.59. The normalized spacial score (nSPS) is 8.62. The molecule has 0 aromatic heterocycles. The van der Waals surface area contributed by atoms with E-state index in [2.05, 4.69) is 0 Å². The third kappa shape index (κ3) is 8.38. The van der Waals surface area contributed by atoms with Crippen molar-refractivity contribution in [1.82, 2.24) is 0 Å². The molecule has 0 saturated carbocycles. The van der Waals surface area contributed by atoms with Crippen molar-refractivity contribution in [1.29, 1.82) is 0 Å². The highest BCUT2D eigenvalue weighted by Gasteiger charge is 2.16. The minimum Gasteiger partial charge on any atom is -0.198 e. The van der Waals surface area contributed by atoms with Crippen molar-refractivity contribution in [3.05, 3.63) is 34.6 Å². The summed E-state index contributed by atoms with van der Waals surface area (Å²) in [6.07, 6.45) is -8.54. The average molecular weight is 323 g/mol. The van der Waals surface area contributed by atoms with Crippen LogP contribution in [0.4, 0.5) is 39.5 Å². The van der Waals surface area contributed by atoms with Gasteiger partial charge in [-0.2, -0.15) is 39.5 Å². The van der Waals surface area contributed by atoms with Crippen molar-refractivity contribution < 1.29 is 39.5 Å². The molecule has 0 heterocycles. The van der Waals surface area contributed by atoms with Gasteiger partial charge in [0.05, 0.1) is 0 Å². The molecule has 16 heavy (non-hydrogen) atoms. The monoisotopic (exact) mass is 322 g/mol. The SMILES string of the molecule is FC(F)=C(F)Br.FC(F)=C(F)C(F)=C(F)F. The van der Waals surface area contributed by atoms with E-state index in [1.54, 1.807) is 0 Å². The van der Waals surface area contributed by atoms with E-state index in [4.69, 9.17) is 0 Å². The van der Waals surface area contributed by atoms with Crippen LogP contribution < -0.4 is 0 Å². The molecular formula is C6BrF9. The van der Waals surface area contributed by atoms with Gasteiger partial charge in [0.2, 0.25) is 16.4 Å². The first kappa shape index (κ1) is 17.5. The molecule has 0 unspecified atom stereocenters. The van der Waals surface area contributed by atoms with Crippen molar-refractivity contribution in [2.45, 2.75) is 0 Å². The Hall–Kier alpha value is -0.930. The largest absolute Gasteiger partial charge is 0.312 e. The van der Waals surface area contributed by atoms with Crippen molar-refractivity contribution in [2.75, 3.05) is 0 Å². The summed E-state index contributed by atoms with van der Waals surface area (Å²) in [6, 6.07) is 0. The second kappa shape index (κ2) is 8.25. The summed E-state index contributed by atoms with van der Waals surface area (Å²) in [7, 11) is 0. The Kier molecular flexibility index (Phi) is 9.00. The van der Waals surface area contributed by atoms with E-state index in [0.29, 0.717) is 0 Å². The Morgan fingerprint density at radius 1 is 0.500 bits per heavy atom. The predicted octanol–water partition coefficient (Wildman–Crippen LogP) is 5.56. The van der Waals surface area contributed by atoms with Gasteiger partial charge in [0, 0.05) is 0 Å². The van der Waals surface area contributed by atoms with Gasteiger partial charge in [0.1, 0.15) is 0 Å². The van der Waals surface area contributed by atoms with Crippen LogP contribution in [0.1, 0.15) is 0 Å². The van der Waals surface area contributed by atoms with E-state index in [1.807, 2.05) is 15.9 Å². The smallest absolute Gasteiger partial charge is 0.198 e. The molecule has 0 radical (unpaired) electrons. The summed E-state index contributed by atoms with van der Waals surface area (Å²) in [5.74, 6) is -5.64. The van der Waals surface area contributed by atoms with Crippen molar-refractivity contribution in [2.24, 2.45) is 0 Å². The summed E-state index contributed by atoms with van der Waals surface area (Å²) in [6.45, 7) is 0. The first-order valence-electron chi connectivity index (χ1n) is 2.89. The lowest BCUT2D eigenvalue weighted by Crippen LogP contribution is -1.78. The molecule has 0 bridgehead atoms. The van der Waals surface area contributed by atoms with E-state index in [0.717, 1.165) is 0 Å². The first-order chi connectivity index (χ1) is 7.11. The van der Waals surface area contributed by atoms with Gasteiger partial charge in [0.15, 0.2) is 0 Å². The fraction of sp³-hybridized carbons (Fsp3) is 0. The Balaban J connectivity index is 0. The minimum atomic E-state index is -3.11. The van der Waals surface area contributed by atoms with Gasteiger partial charge in [-0.3, -0.25) is 0 Å². The Morgan fingerprint density at radius 2 is 0.688 bits per heavy atom. The van der Waals surface area contributed by atoms with Gasteiger partial charge in [-0.25, -0.2) is 0 Å². The standard InChI is InChI=1S/C4F6.C2BrF3/c5-1(3(7)8)2(6)4(9)10;3-1(4)2(5)6. The molecular weight excluding hydrogens is 323 g/mol. The van der Waals surface area contributed by atoms with Gasteiger partial charge in [-0.05, 0) is 15.9 Å². The summed E-state index contributed by atoms with van der Waals surface area (Å²) < 4.78 is 97.0. The Labute approximate surface area is 90.9 Å². The van der Waals surface area contributed by atoms with Crippen molar-refractivity contribution in [3.63, 3.8) is 0 Å². The van der Waals surface area contributed by atoms with Gasteiger partial charge >= 0.3 is 18.2 Å². The third-order valence-electron chi connectivity index (χ3n) is 0.667. The maximum absolute atomic E-state index is 11.4. The van der Waals surface area contributed by atoms with Crippen LogP contribution in [0.3, 0.4) is 0 Å². The zero-order valence-corrected chi connectivity index (χ0v) is 8.37. The molecule has 0 aliphatic carbocycles. The molecule has 0 aromatic carbocycles. The highest BCUT2D eigenvalue weighted by atomic mass is 79.9. The van der Waals surface area contributed by atoms with Crippen LogP contribution >= 0.6 is 15.9 Å². The van der Waals surface area contributed by atoms with Crippen LogP contribution in [0.15, 0.2) is 34.6 Å². The van der Waals surface area contributed by atoms with Crippen LogP contribution in [0, 0.1) is 0 Å². The molecule has 0 aliphatic rings. The van der Waals surface area contributed by atoms with Gasteiger partial charge in [-0.15, -0.1) is 0 Å². The molecule has 0 aliphatic heterocycles. The predicted molar refractivity (Wildman–Crippen MR) is 40.0 cm³/mol. The number of hydrogen-bond acceptors (Lipinski definition) is 0. The maximum Gasteiger partial charge on any atom is 0.312 e. The molecule has 94 valence electrons. The zero-order chi connectivity index (χ0) is 13.5. The number of hydrogen-bond donors (Lipinski definition) is 0. The second-order valence-corrected chi connectivity index (χ2v) is 2.37. The molecule has 0 fully saturated rings. The fourth-order valence-electron chi connectivity index (χ4n) is 0.166. The fourth-order valence-corrected chi connectivity index (χ4v) is 0.166. The highest BCUT2D eigenvalue weighted by Crippen LogP contribution is 2.23. The molecule has 0 aromatic rings. The summed E-state index contributed by atoms with van der Waals surface area (Å²) in [5.41, 5.74) is 0. The number of rotatable bonds is 1. The molecule has 0 saturated heterocycles. The lowest BCUT2D eigenvalue weighted by molar-refractivity contribution is 0.340. The van der Waals surface area contributed by atoms with Crippen molar-refractivity contribution in [3.8, 4) is 0 Å². The molecule has 0 amide bonds. The topological polar surface area (TPSA) is 0 Å². The number of halogens is 10. The maximum atomic E-state index is 11.4. The van der Waals surface area contributed by atoms with Crippen LogP contribution in [0.5, 0.6) is 0 Å². The summed E-state index contributed by atoms with van der Waals surface area (Å²) in [4.78, 5) is 0. The molecule has 0 spiro atoms. The summed E-state index contributed by atoms with van der Waals surface area (Å²) in [5, 5.41) is 0. The summed E-state index contributed by atoms with van der Waals surface area (Å²) >= 11 is 1.90. The van der Waals surface area contributed by atoms with E-state index in [9.17, 15) is 39.5 Å². The molecule has 0 atom stereocenters. The molecule has 0 N–H and O–H groups in total. The van der Waals surface area contributed by atoms with E-state index in [-0.39, 0.29) is 0 Å². The van der Waals surface area contributed by atoms with E-state index < -0.39 is 34.6 Å². The average Bonchev–Trinajstić information content (AvgIpc) is 2.15. The third-order valence-corrected chi connectivity index (χ3v) is 0.967. The molecule has 0 rings (SSSR count). The Morgan fingerprint density at radius 3 is 0.750 bits per heavy atom. The van der Waals surface area contributed by atoms with Crippen LogP contribution in [0.2, 0.25) is 0 Å². The van der Waals surface area contributed by atoms with Crippen LogP contribution in [-0.4, -0.2) is 0 Å². The highest BCUT2D eigenvalue weighted by molar-refractivity contribution is 9.11. The van der Waals surface area contributed by atoms with Crippen LogP contribution in [-0.2, 0) is 0 Å². The van der Waals surface area contributed by atoms with E-state index >= 15 is 0 Å².